The maximum absolute atomic E-state index is 12.2. The minimum Gasteiger partial charge on any atom is -0.494 e. The molecule has 0 saturated carbocycles. The summed E-state index contributed by atoms with van der Waals surface area (Å²) in [5.41, 5.74) is 3.49. The van der Waals surface area contributed by atoms with Crippen LogP contribution in [0.15, 0.2) is 66.1 Å². The summed E-state index contributed by atoms with van der Waals surface area (Å²) in [6.07, 6.45) is 4.29. The van der Waals surface area contributed by atoms with Crippen LogP contribution in [0.2, 0.25) is 0 Å². The zero-order chi connectivity index (χ0) is 25.7. The van der Waals surface area contributed by atoms with Gasteiger partial charge in [0.1, 0.15) is 23.9 Å². The number of carbonyl (C=O) groups is 1. The lowest BCUT2D eigenvalue weighted by molar-refractivity contribution is -0.111. The van der Waals surface area contributed by atoms with Crippen molar-refractivity contribution in [2.45, 2.75) is 0 Å². The number of benzene rings is 2. The molecule has 2 N–H and O–H groups in total. The summed E-state index contributed by atoms with van der Waals surface area (Å²) >= 11 is 0. The number of para-hydroxylation sites is 1. The van der Waals surface area contributed by atoms with Crippen LogP contribution >= 0.6 is 0 Å². The number of likely N-dealkylation sites (N-methyl/N-ethyl adjacent to an activating group) is 2. The molecule has 0 aliphatic rings. The fourth-order valence-electron chi connectivity index (χ4n) is 3.66. The van der Waals surface area contributed by atoms with E-state index in [1.165, 1.54) is 12.4 Å². The lowest BCUT2D eigenvalue weighted by Gasteiger charge is -2.25. The van der Waals surface area contributed by atoms with Crippen LogP contribution in [0.5, 0.6) is 5.75 Å². The van der Waals surface area contributed by atoms with Gasteiger partial charge in [0, 0.05) is 31.6 Å². The first-order valence-corrected chi connectivity index (χ1v) is 11.3. The Balaban J connectivity index is 1.69. The largest absolute Gasteiger partial charge is 0.494 e. The molecule has 10 nitrogen and oxygen atoms in total. The van der Waals surface area contributed by atoms with Crippen LogP contribution in [0, 0.1) is 0 Å². The zero-order valence-electron chi connectivity index (χ0n) is 20.8. The molecule has 4 rings (SSSR count). The molecule has 0 bridgehead atoms. The Morgan fingerprint density at radius 3 is 2.69 bits per heavy atom. The molecule has 36 heavy (non-hydrogen) atoms. The topological polar surface area (TPSA) is 109 Å². The third-order valence-corrected chi connectivity index (χ3v) is 5.60. The number of nitrogens with one attached hydrogen (secondary N) is 2. The summed E-state index contributed by atoms with van der Waals surface area (Å²) in [7, 11) is 7.57. The van der Waals surface area contributed by atoms with Gasteiger partial charge in [0.05, 0.1) is 29.7 Å². The van der Waals surface area contributed by atoms with E-state index < -0.39 is 0 Å². The molecule has 0 saturated heterocycles. The molecular weight excluding hydrogens is 458 g/mol. The first-order valence-electron chi connectivity index (χ1n) is 11.3. The van der Waals surface area contributed by atoms with Gasteiger partial charge in [-0.2, -0.15) is 4.98 Å². The minimum absolute atomic E-state index is 0.317. The molecule has 0 radical (unpaired) electrons. The first kappa shape index (κ1) is 24.7. The second-order valence-corrected chi connectivity index (χ2v) is 8.39. The Morgan fingerprint density at radius 2 is 1.94 bits per heavy atom. The van der Waals surface area contributed by atoms with Crippen molar-refractivity contribution in [3.8, 4) is 17.1 Å². The van der Waals surface area contributed by atoms with E-state index in [2.05, 4.69) is 42.0 Å². The van der Waals surface area contributed by atoms with Crippen molar-refractivity contribution in [2.24, 2.45) is 0 Å². The summed E-state index contributed by atoms with van der Waals surface area (Å²) < 4.78 is 11.3. The molecule has 0 atom stereocenters. The summed E-state index contributed by atoms with van der Waals surface area (Å²) in [6.45, 7) is 5.15. The molecule has 2 aromatic carbocycles. The molecule has 186 valence electrons. The van der Waals surface area contributed by atoms with Gasteiger partial charge in [-0.25, -0.2) is 9.97 Å². The van der Waals surface area contributed by atoms with Gasteiger partial charge >= 0.3 is 0 Å². The maximum atomic E-state index is 12.2. The van der Waals surface area contributed by atoms with E-state index in [1.807, 2.05) is 51.5 Å². The number of hydrogen-bond donors (Lipinski definition) is 2. The van der Waals surface area contributed by atoms with Gasteiger partial charge < -0.3 is 29.6 Å². The number of carbonyl (C=O) groups excluding carboxylic acids is 1. The molecule has 10 heteroatoms. The Bertz CT molecular complexity index is 1380. The highest BCUT2D eigenvalue weighted by molar-refractivity contribution is 6.02. The molecule has 1 amide bonds. The van der Waals surface area contributed by atoms with Gasteiger partial charge in [-0.15, -0.1) is 0 Å². The van der Waals surface area contributed by atoms with Crippen molar-refractivity contribution in [3.63, 3.8) is 0 Å². The predicted octanol–water partition coefficient (Wildman–Crippen LogP) is 4.16. The van der Waals surface area contributed by atoms with Gasteiger partial charge in [0.2, 0.25) is 11.9 Å². The second-order valence-electron chi connectivity index (χ2n) is 8.39. The van der Waals surface area contributed by atoms with E-state index in [-0.39, 0.29) is 5.91 Å². The number of methoxy groups -OCH3 is 1. The maximum Gasteiger partial charge on any atom is 0.247 e. The van der Waals surface area contributed by atoms with Gasteiger partial charge in [0.15, 0.2) is 5.82 Å². The molecule has 0 aliphatic heterocycles. The number of ether oxygens (including phenoxy) is 1. The summed E-state index contributed by atoms with van der Waals surface area (Å²) in [6, 6.07) is 11.3. The zero-order valence-corrected chi connectivity index (χ0v) is 20.8. The molecule has 0 spiro atoms. The van der Waals surface area contributed by atoms with Crippen LogP contribution < -0.4 is 20.3 Å². The minimum atomic E-state index is -0.317. The number of amides is 1. The lowest BCUT2D eigenvalue weighted by Crippen LogP contribution is -2.29. The van der Waals surface area contributed by atoms with Crippen molar-refractivity contribution in [2.75, 3.05) is 56.9 Å². The summed E-state index contributed by atoms with van der Waals surface area (Å²) in [5.74, 6) is 1.03. The smallest absolute Gasteiger partial charge is 0.247 e. The van der Waals surface area contributed by atoms with E-state index in [1.54, 1.807) is 19.4 Å². The van der Waals surface area contributed by atoms with Crippen LogP contribution in [-0.4, -0.2) is 67.1 Å². The van der Waals surface area contributed by atoms with Crippen LogP contribution in [0.4, 0.5) is 23.0 Å². The third-order valence-electron chi connectivity index (χ3n) is 5.60. The fraction of sp³-hybridized carbons (Fsp3) is 0.231. The monoisotopic (exact) mass is 487 g/mol. The standard InChI is InChI=1S/C26H29N7O3/c1-6-24(34)29-19-13-20(23(35-5)14-21(19)33(4)12-11-32(2)3)30-26-28-16-27-25(31-26)18-15-36-22-10-8-7-9-17(18)22/h6-10,13-16H,1,11-12H2,2-5H3,(H,29,34)(H,27,28,30,31). The van der Waals surface area contributed by atoms with Crippen molar-refractivity contribution in [1.82, 2.24) is 19.9 Å². The number of fused-ring (bicyclic) bond motifs is 1. The molecule has 0 aliphatic carbocycles. The molecule has 0 fully saturated rings. The highest BCUT2D eigenvalue weighted by Crippen LogP contribution is 2.38. The van der Waals surface area contributed by atoms with E-state index in [9.17, 15) is 4.79 Å². The lowest BCUT2D eigenvalue weighted by atomic mass is 10.1. The van der Waals surface area contributed by atoms with Crippen LogP contribution in [0.25, 0.3) is 22.4 Å². The second kappa shape index (κ2) is 10.9. The number of hydrogen-bond acceptors (Lipinski definition) is 9. The third kappa shape index (κ3) is 5.44. The van der Waals surface area contributed by atoms with Gasteiger partial charge in [-0.3, -0.25) is 4.79 Å². The highest BCUT2D eigenvalue weighted by atomic mass is 16.5. The SMILES string of the molecule is C=CC(=O)Nc1cc(Nc2ncnc(-c3coc4ccccc34)n2)c(OC)cc1N(C)CCN(C)C. The van der Waals surface area contributed by atoms with Crippen molar-refractivity contribution in [3.05, 3.63) is 61.6 Å². The fourth-order valence-corrected chi connectivity index (χ4v) is 3.66. The van der Waals surface area contributed by atoms with Crippen LogP contribution in [-0.2, 0) is 4.79 Å². The summed E-state index contributed by atoms with van der Waals surface area (Å²) in [4.78, 5) is 29.5. The summed E-state index contributed by atoms with van der Waals surface area (Å²) in [5, 5.41) is 7.00. The number of nitrogens with zero attached hydrogens (tertiary/aromatic N) is 5. The van der Waals surface area contributed by atoms with Crippen LogP contribution in [0.3, 0.4) is 0 Å². The molecule has 2 aromatic heterocycles. The number of rotatable bonds is 10. The van der Waals surface area contributed by atoms with E-state index in [0.29, 0.717) is 28.9 Å². The number of aromatic nitrogens is 3. The Labute approximate surface area is 209 Å². The van der Waals surface area contributed by atoms with E-state index in [4.69, 9.17) is 9.15 Å². The Morgan fingerprint density at radius 1 is 1.14 bits per heavy atom. The molecule has 0 unspecified atom stereocenters. The first-order chi connectivity index (χ1) is 17.4. The van der Waals surface area contributed by atoms with Crippen molar-refractivity contribution in [1.29, 1.82) is 0 Å². The van der Waals surface area contributed by atoms with E-state index >= 15 is 0 Å². The highest BCUT2D eigenvalue weighted by Gasteiger charge is 2.17. The quantitative estimate of drug-likeness (QED) is 0.319. The normalized spacial score (nSPS) is 10.9. The Kier molecular flexibility index (Phi) is 7.45. The van der Waals surface area contributed by atoms with Gasteiger partial charge in [0.25, 0.3) is 0 Å². The van der Waals surface area contributed by atoms with Gasteiger partial charge in [-0.05, 0) is 32.3 Å². The van der Waals surface area contributed by atoms with Gasteiger partial charge in [-0.1, -0.05) is 24.8 Å². The van der Waals surface area contributed by atoms with E-state index in [0.717, 1.165) is 35.3 Å². The van der Waals surface area contributed by atoms with Crippen LogP contribution in [0.1, 0.15) is 0 Å². The average molecular weight is 488 g/mol. The number of anilines is 4. The van der Waals surface area contributed by atoms with Crippen molar-refractivity contribution < 1.29 is 13.9 Å². The average Bonchev–Trinajstić information content (AvgIpc) is 3.32. The number of furan rings is 1. The van der Waals surface area contributed by atoms with Crippen molar-refractivity contribution >= 4 is 39.9 Å². The molecular formula is C26H29N7O3. The molecule has 2 heterocycles. The Hall–Kier alpha value is -4.44. The molecule has 4 aromatic rings. The predicted molar refractivity (Wildman–Crippen MR) is 142 cm³/mol.